The number of alkyl halides is 3. The lowest BCUT2D eigenvalue weighted by Gasteiger charge is -2.24. The Morgan fingerprint density at radius 1 is 1.29 bits per heavy atom. The summed E-state index contributed by atoms with van der Waals surface area (Å²) in [5.74, 6) is 0.621. The second-order valence-electron chi connectivity index (χ2n) is 5.73. The van der Waals surface area contributed by atoms with Crippen LogP contribution in [-0.4, -0.2) is 6.54 Å². The molecule has 1 saturated carbocycles. The second-order valence-corrected chi connectivity index (χ2v) is 6.58. The minimum atomic E-state index is -4.29. The maximum Gasteiger partial charge on any atom is 0.416 e. The van der Waals surface area contributed by atoms with Crippen LogP contribution >= 0.6 is 15.9 Å². The average Bonchev–Trinajstić information content (AvgIpc) is 2.90. The third-order valence-electron chi connectivity index (χ3n) is 4.19. The predicted octanol–water partition coefficient (Wildman–Crippen LogP) is 5.70. The van der Waals surface area contributed by atoms with E-state index in [2.05, 4.69) is 21.2 Å². The van der Waals surface area contributed by atoms with Gasteiger partial charge < -0.3 is 5.32 Å². The molecule has 0 aromatic heterocycles. The molecule has 0 aliphatic heterocycles. The highest BCUT2D eigenvalue weighted by atomic mass is 79.9. The lowest BCUT2D eigenvalue weighted by atomic mass is 9.92. The molecule has 1 aromatic carbocycles. The normalized spacial score (nSPS) is 18.1. The number of benzene rings is 1. The van der Waals surface area contributed by atoms with E-state index in [0.29, 0.717) is 5.92 Å². The van der Waals surface area contributed by atoms with Crippen molar-refractivity contribution in [3.63, 3.8) is 0 Å². The van der Waals surface area contributed by atoms with E-state index in [1.807, 2.05) is 6.92 Å². The van der Waals surface area contributed by atoms with E-state index in [0.717, 1.165) is 29.1 Å². The number of rotatable bonds is 5. The Morgan fingerprint density at radius 3 is 2.52 bits per heavy atom. The van der Waals surface area contributed by atoms with Gasteiger partial charge in [-0.1, -0.05) is 48.5 Å². The van der Waals surface area contributed by atoms with Gasteiger partial charge >= 0.3 is 6.18 Å². The van der Waals surface area contributed by atoms with Crippen molar-refractivity contribution < 1.29 is 13.2 Å². The van der Waals surface area contributed by atoms with Crippen LogP contribution in [0.15, 0.2) is 22.7 Å². The lowest BCUT2D eigenvalue weighted by Crippen LogP contribution is -2.24. The molecule has 0 spiro atoms. The number of hydrogen-bond acceptors (Lipinski definition) is 1. The number of hydrogen-bond donors (Lipinski definition) is 1. The van der Waals surface area contributed by atoms with Crippen molar-refractivity contribution in [3.05, 3.63) is 33.8 Å². The first-order chi connectivity index (χ1) is 9.91. The first-order valence-electron chi connectivity index (χ1n) is 7.51. The van der Waals surface area contributed by atoms with Crippen molar-refractivity contribution in [2.45, 2.75) is 51.2 Å². The van der Waals surface area contributed by atoms with Crippen LogP contribution in [0.4, 0.5) is 13.2 Å². The van der Waals surface area contributed by atoms with Gasteiger partial charge in [0, 0.05) is 10.5 Å². The summed E-state index contributed by atoms with van der Waals surface area (Å²) >= 11 is 3.41. The summed E-state index contributed by atoms with van der Waals surface area (Å²) in [4.78, 5) is 0. The molecule has 21 heavy (non-hydrogen) atoms. The molecule has 1 aliphatic carbocycles. The Kier molecular flexibility index (Phi) is 5.72. The highest BCUT2D eigenvalue weighted by molar-refractivity contribution is 9.10. The topological polar surface area (TPSA) is 12.0 Å². The molecule has 1 aliphatic rings. The van der Waals surface area contributed by atoms with Gasteiger partial charge in [-0.15, -0.1) is 0 Å². The van der Waals surface area contributed by atoms with E-state index < -0.39 is 11.7 Å². The summed E-state index contributed by atoms with van der Waals surface area (Å²) in [5.41, 5.74) is 0.147. The smallest absolute Gasteiger partial charge is 0.310 e. The monoisotopic (exact) mass is 363 g/mol. The van der Waals surface area contributed by atoms with Crippen LogP contribution in [0.5, 0.6) is 0 Å². The Morgan fingerprint density at radius 2 is 1.95 bits per heavy atom. The summed E-state index contributed by atoms with van der Waals surface area (Å²) in [6.07, 6.45) is 1.49. The van der Waals surface area contributed by atoms with Crippen molar-refractivity contribution in [2.24, 2.45) is 5.92 Å². The number of halogens is 4. The van der Waals surface area contributed by atoms with Crippen LogP contribution in [0.1, 0.15) is 56.2 Å². The molecular formula is C16H21BrF3N. The van der Waals surface area contributed by atoms with Gasteiger partial charge in [-0.3, -0.25) is 0 Å². The quantitative estimate of drug-likeness (QED) is 0.707. The summed E-state index contributed by atoms with van der Waals surface area (Å²) in [6.45, 7) is 2.74. The average molecular weight is 364 g/mol. The molecule has 0 bridgehead atoms. The van der Waals surface area contributed by atoms with Crippen LogP contribution < -0.4 is 5.32 Å². The Bertz CT molecular complexity index is 467. The molecule has 0 heterocycles. The molecule has 1 N–H and O–H groups in total. The molecule has 118 valence electrons. The highest BCUT2D eigenvalue weighted by Gasteiger charge is 2.32. The molecule has 1 fully saturated rings. The highest BCUT2D eigenvalue weighted by Crippen LogP contribution is 2.38. The minimum Gasteiger partial charge on any atom is -0.310 e. The van der Waals surface area contributed by atoms with Gasteiger partial charge in [0.05, 0.1) is 5.56 Å². The molecule has 2 rings (SSSR count). The zero-order chi connectivity index (χ0) is 15.5. The summed E-state index contributed by atoms with van der Waals surface area (Å²) < 4.78 is 39.5. The van der Waals surface area contributed by atoms with Crippen LogP contribution in [0.3, 0.4) is 0 Å². The largest absolute Gasteiger partial charge is 0.416 e. The van der Waals surface area contributed by atoms with Gasteiger partial charge in [0.25, 0.3) is 0 Å². The van der Waals surface area contributed by atoms with Crippen molar-refractivity contribution in [3.8, 4) is 0 Å². The molecular weight excluding hydrogens is 343 g/mol. The van der Waals surface area contributed by atoms with Crippen molar-refractivity contribution in [1.82, 2.24) is 5.32 Å². The number of nitrogens with one attached hydrogen (secondary N) is 1. The third kappa shape index (κ3) is 4.46. The van der Waals surface area contributed by atoms with E-state index in [-0.39, 0.29) is 6.04 Å². The third-order valence-corrected chi connectivity index (χ3v) is 4.92. The van der Waals surface area contributed by atoms with Crippen molar-refractivity contribution >= 4 is 15.9 Å². The SMILES string of the molecule is CCNC(CC1CCCC1)c1cc(C(F)(F)F)ccc1Br. The van der Waals surface area contributed by atoms with E-state index in [1.165, 1.54) is 37.8 Å². The van der Waals surface area contributed by atoms with Crippen molar-refractivity contribution in [1.29, 1.82) is 0 Å². The van der Waals surface area contributed by atoms with Crippen LogP contribution in [-0.2, 0) is 6.18 Å². The van der Waals surface area contributed by atoms with Gasteiger partial charge in [0.2, 0.25) is 0 Å². The first-order valence-corrected chi connectivity index (χ1v) is 8.31. The lowest BCUT2D eigenvalue weighted by molar-refractivity contribution is -0.137. The molecule has 1 aromatic rings. The van der Waals surface area contributed by atoms with Crippen molar-refractivity contribution in [2.75, 3.05) is 6.54 Å². The summed E-state index contributed by atoms with van der Waals surface area (Å²) in [6, 6.07) is 3.91. The maximum absolute atomic E-state index is 12.9. The van der Waals surface area contributed by atoms with Gasteiger partial charge in [-0.05, 0) is 42.6 Å². The molecule has 1 atom stereocenters. The molecule has 0 amide bonds. The molecule has 0 saturated heterocycles. The second kappa shape index (κ2) is 7.14. The molecule has 0 radical (unpaired) electrons. The fourth-order valence-electron chi connectivity index (χ4n) is 3.13. The van der Waals surface area contributed by atoms with Crippen LogP contribution in [0.25, 0.3) is 0 Å². The molecule has 1 nitrogen and oxygen atoms in total. The molecule has 1 unspecified atom stereocenters. The Labute approximate surface area is 132 Å². The van der Waals surface area contributed by atoms with Gasteiger partial charge in [0.15, 0.2) is 0 Å². The fourth-order valence-corrected chi connectivity index (χ4v) is 3.66. The zero-order valence-corrected chi connectivity index (χ0v) is 13.7. The van der Waals surface area contributed by atoms with Gasteiger partial charge in [-0.2, -0.15) is 13.2 Å². The van der Waals surface area contributed by atoms with E-state index in [9.17, 15) is 13.2 Å². The van der Waals surface area contributed by atoms with Gasteiger partial charge in [0.1, 0.15) is 0 Å². The van der Waals surface area contributed by atoms with E-state index in [1.54, 1.807) is 0 Å². The zero-order valence-electron chi connectivity index (χ0n) is 12.1. The van der Waals surface area contributed by atoms with Crippen LogP contribution in [0, 0.1) is 5.92 Å². The maximum atomic E-state index is 12.9. The standard InChI is InChI=1S/C16H21BrF3N/c1-2-21-15(9-11-5-3-4-6-11)13-10-12(16(18,19)20)7-8-14(13)17/h7-8,10-11,15,21H,2-6,9H2,1H3. The van der Waals surface area contributed by atoms with E-state index >= 15 is 0 Å². The first kappa shape index (κ1) is 16.8. The predicted molar refractivity (Wildman–Crippen MR) is 82.1 cm³/mol. The molecule has 5 heteroatoms. The fraction of sp³-hybridized carbons (Fsp3) is 0.625. The minimum absolute atomic E-state index is 0.0187. The van der Waals surface area contributed by atoms with Crippen LogP contribution in [0.2, 0.25) is 0 Å². The van der Waals surface area contributed by atoms with Gasteiger partial charge in [-0.25, -0.2) is 0 Å². The summed E-state index contributed by atoms with van der Waals surface area (Å²) in [5, 5.41) is 3.35. The summed E-state index contributed by atoms with van der Waals surface area (Å²) in [7, 11) is 0. The Balaban J connectivity index is 2.25. The Hall–Kier alpha value is -0.550. The van der Waals surface area contributed by atoms with E-state index in [4.69, 9.17) is 0 Å².